The molecule has 1 saturated heterocycles. The van der Waals surface area contributed by atoms with Crippen molar-refractivity contribution in [2.24, 2.45) is 11.3 Å². The van der Waals surface area contributed by atoms with Crippen LogP contribution in [0.25, 0.3) is 0 Å². The van der Waals surface area contributed by atoms with Crippen LogP contribution in [0, 0.1) is 11.3 Å². The number of benzene rings is 1. The SMILES string of the molecule is CC(C)C1(C(=O)O)CCN(C(=O)c2ccc3c(c2)CCC(=O)N3C)C1. The Kier molecular flexibility index (Phi) is 4.31. The molecule has 0 bridgehead atoms. The molecule has 1 fully saturated rings. The van der Waals surface area contributed by atoms with E-state index in [4.69, 9.17) is 0 Å². The van der Waals surface area contributed by atoms with Crippen LogP contribution in [0.15, 0.2) is 18.2 Å². The van der Waals surface area contributed by atoms with Gasteiger partial charge >= 0.3 is 5.97 Å². The number of hydrogen-bond donors (Lipinski definition) is 1. The number of fused-ring (bicyclic) bond motifs is 1. The van der Waals surface area contributed by atoms with Crippen molar-refractivity contribution in [1.29, 1.82) is 0 Å². The van der Waals surface area contributed by atoms with Gasteiger partial charge in [-0.3, -0.25) is 14.4 Å². The second-order valence-electron chi connectivity index (χ2n) is 7.39. The highest BCUT2D eigenvalue weighted by molar-refractivity contribution is 5.99. The van der Waals surface area contributed by atoms with E-state index in [0.717, 1.165) is 11.3 Å². The number of carbonyl (C=O) groups excluding carboxylic acids is 2. The van der Waals surface area contributed by atoms with E-state index in [1.54, 1.807) is 22.9 Å². The van der Waals surface area contributed by atoms with E-state index in [0.29, 0.717) is 31.4 Å². The molecule has 2 aliphatic heterocycles. The van der Waals surface area contributed by atoms with Gasteiger partial charge in [0.15, 0.2) is 0 Å². The predicted octanol–water partition coefficient (Wildman–Crippen LogP) is 2.17. The predicted molar refractivity (Wildman–Crippen MR) is 93.6 cm³/mol. The lowest BCUT2D eigenvalue weighted by molar-refractivity contribution is -0.150. The van der Waals surface area contributed by atoms with Crippen LogP contribution in [0.3, 0.4) is 0 Å². The van der Waals surface area contributed by atoms with E-state index < -0.39 is 11.4 Å². The Morgan fingerprint density at radius 3 is 2.56 bits per heavy atom. The molecule has 0 aliphatic carbocycles. The Bertz CT molecular complexity index is 743. The summed E-state index contributed by atoms with van der Waals surface area (Å²) < 4.78 is 0. The van der Waals surface area contributed by atoms with Crippen molar-refractivity contribution in [2.45, 2.75) is 33.1 Å². The van der Waals surface area contributed by atoms with Crippen molar-refractivity contribution in [3.05, 3.63) is 29.3 Å². The molecule has 2 heterocycles. The number of carboxylic acid groups (broad SMARTS) is 1. The van der Waals surface area contributed by atoms with Gasteiger partial charge in [0.25, 0.3) is 5.91 Å². The number of anilines is 1. The van der Waals surface area contributed by atoms with Crippen LogP contribution in [-0.2, 0) is 16.0 Å². The first kappa shape index (κ1) is 17.5. The van der Waals surface area contributed by atoms with Gasteiger partial charge in [-0.15, -0.1) is 0 Å². The topological polar surface area (TPSA) is 77.9 Å². The number of aryl methyl sites for hydroxylation is 1. The molecule has 0 radical (unpaired) electrons. The van der Waals surface area contributed by atoms with Crippen molar-refractivity contribution in [3.63, 3.8) is 0 Å². The number of likely N-dealkylation sites (tertiary alicyclic amines) is 1. The lowest BCUT2D eigenvalue weighted by Gasteiger charge is -2.29. The summed E-state index contributed by atoms with van der Waals surface area (Å²) in [6, 6.07) is 5.38. The summed E-state index contributed by atoms with van der Waals surface area (Å²) in [5, 5.41) is 9.64. The maximum atomic E-state index is 12.9. The molecular formula is C19H24N2O4. The Morgan fingerprint density at radius 1 is 1.24 bits per heavy atom. The zero-order valence-corrected chi connectivity index (χ0v) is 14.9. The lowest BCUT2D eigenvalue weighted by atomic mass is 9.76. The van der Waals surface area contributed by atoms with Crippen molar-refractivity contribution < 1.29 is 19.5 Å². The molecule has 1 atom stereocenters. The number of aliphatic carboxylic acids is 1. The lowest BCUT2D eigenvalue weighted by Crippen LogP contribution is -2.40. The molecule has 2 amide bonds. The van der Waals surface area contributed by atoms with Gasteiger partial charge in [0.05, 0.1) is 5.41 Å². The van der Waals surface area contributed by atoms with Gasteiger partial charge in [-0.05, 0) is 42.5 Å². The standard InChI is InChI=1S/C19H24N2O4/c1-12(2)19(18(24)25)8-9-21(11-19)17(23)14-4-6-15-13(10-14)5-7-16(22)20(15)3/h4,6,10,12H,5,7-9,11H2,1-3H3,(H,24,25). The minimum absolute atomic E-state index is 0.0361. The van der Waals surface area contributed by atoms with Gasteiger partial charge in [-0.25, -0.2) is 0 Å². The van der Waals surface area contributed by atoms with Crippen LogP contribution in [0.4, 0.5) is 5.69 Å². The van der Waals surface area contributed by atoms with Crippen LogP contribution >= 0.6 is 0 Å². The highest BCUT2D eigenvalue weighted by Crippen LogP contribution is 2.39. The van der Waals surface area contributed by atoms with Gasteiger partial charge in [-0.1, -0.05) is 13.8 Å². The Morgan fingerprint density at radius 2 is 1.96 bits per heavy atom. The zero-order valence-electron chi connectivity index (χ0n) is 14.9. The first-order chi connectivity index (χ1) is 11.8. The highest BCUT2D eigenvalue weighted by atomic mass is 16.4. The summed E-state index contributed by atoms with van der Waals surface area (Å²) in [5.41, 5.74) is 1.53. The summed E-state index contributed by atoms with van der Waals surface area (Å²) in [4.78, 5) is 39.7. The summed E-state index contributed by atoms with van der Waals surface area (Å²) in [7, 11) is 1.74. The molecule has 0 saturated carbocycles. The fourth-order valence-electron chi connectivity index (χ4n) is 3.87. The molecule has 2 aliphatic rings. The van der Waals surface area contributed by atoms with Crippen LogP contribution in [0.2, 0.25) is 0 Å². The first-order valence-electron chi connectivity index (χ1n) is 8.68. The van der Waals surface area contributed by atoms with Crippen molar-refractivity contribution in [1.82, 2.24) is 4.90 Å². The normalized spacial score (nSPS) is 23.1. The third-order valence-corrected chi connectivity index (χ3v) is 5.79. The molecule has 134 valence electrons. The zero-order chi connectivity index (χ0) is 18.4. The van der Waals surface area contributed by atoms with Gasteiger partial charge in [0.2, 0.25) is 5.91 Å². The number of amides is 2. The first-order valence-corrected chi connectivity index (χ1v) is 8.68. The molecule has 0 aromatic heterocycles. The molecule has 0 spiro atoms. The minimum atomic E-state index is -0.865. The largest absolute Gasteiger partial charge is 0.481 e. The number of hydrogen-bond acceptors (Lipinski definition) is 3. The van der Waals surface area contributed by atoms with E-state index >= 15 is 0 Å². The van der Waals surface area contributed by atoms with Crippen molar-refractivity contribution >= 4 is 23.5 Å². The Hall–Kier alpha value is -2.37. The molecule has 1 aromatic carbocycles. The highest BCUT2D eigenvalue weighted by Gasteiger charge is 2.48. The molecule has 3 rings (SSSR count). The Balaban J connectivity index is 1.83. The molecule has 1 aromatic rings. The Labute approximate surface area is 147 Å². The van der Waals surface area contributed by atoms with Crippen LogP contribution in [-0.4, -0.2) is 47.9 Å². The van der Waals surface area contributed by atoms with Crippen molar-refractivity contribution in [3.8, 4) is 0 Å². The van der Waals surface area contributed by atoms with E-state index in [2.05, 4.69) is 0 Å². The number of rotatable bonds is 3. The second kappa shape index (κ2) is 6.17. The average molecular weight is 344 g/mol. The van der Waals surface area contributed by atoms with Crippen LogP contribution in [0.1, 0.15) is 42.6 Å². The fourth-order valence-corrected chi connectivity index (χ4v) is 3.87. The van der Waals surface area contributed by atoms with E-state index in [1.165, 1.54) is 0 Å². The second-order valence-corrected chi connectivity index (χ2v) is 7.39. The summed E-state index contributed by atoms with van der Waals surface area (Å²) in [6.45, 7) is 4.49. The smallest absolute Gasteiger partial charge is 0.311 e. The molecule has 6 heteroatoms. The summed E-state index contributed by atoms with van der Waals surface area (Å²) in [6.07, 6.45) is 1.55. The van der Waals surface area contributed by atoms with Crippen molar-refractivity contribution in [2.75, 3.05) is 25.0 Å². The van der Waals surface area contributed by atoms with Gasteiger partial charge in [-0.2, -0.15) is 0 Å². The quantitative estimate of drug-likeness (QED) is 0.911. The van der Waals surface area contributed by atoms with Crippen LogP contribution < -0.4 is 4.90 Å². The maximum absolute atomic E-state index is 12.9. The fraction of sp³-hybridized carbons (Fsp3) is 0.526. The molecule has 1 N–H and O–H groups in total. The minimum Gasteiger partial charge on any atom is -0.481 e. The van der Waals surface area contributed by atoms with Gasteiger partial charge in [0, 0.05) is 37.8 Å². The number of carbonyl (C=O) groups is 3. The van der Waals surface area contributed by atoms with Gasteiger partial charge < -0.3 is 14.9 Å². The monoisotopic (exact) mass is 344 g/mol. The molecule has 1 unspecified atom stereocenters. The number of nitrogens with zero attached hydrogens (tertiary/aromatic N) is 2. The van der Waals surface area contributed by atoms with Crippen LogP contribution in [0.5, 0.6) is 0 Å². The summed E-state index contributed by atoms with van der Waals surface area (Å²) in [5.74, 6) is -0.921. The molecule has 6 nitrogen and oxygen atoms in total. The molecular weight excluding hydrogens is 320 g/mol. The summed E-state index contributed by atoms with van der Waals surface area (Å²) >= 11 is 0. The maximum Gasteiger partial charge on any atom is 0.311 e. The number of carboxylic acids is 1. The van der Waals surface area contributed by atoms with Gasteiger partial charge in [0.1, 0.15) is 0 Å². The molecule has 25 heavy (non-hydrogen) atoms. The third-order valence-electron chi connectivity index (χ3n) is 5.79. The van der Waals surface area contributed by atoms with E-state index in [1.807, 2.05) is 26.0 Å². The average Bonchev–Trinajstić information content (AvgIpc) is 3.04. The third kappa shape index (κ3) is 2.79. The van der Waals surface area contributed by atoms with E-state index in [9.17, 15) is 19.5 Å². The van der Waals surface area contributed by atoms with E-state index in [-0.39, 0.29) is 24.3 Å².